The predicted octanol–water partition coefficient (Wildman–Crippen LogP) is 5.38. The number of fused-ring (bicyclic) bond motifs is 2. The summed E-state index contributed by atoms with van der Waals surface area (Å²) in [7, 11) is 3.72. The average molecular weight is 537 g/mol. The van der Waals surface area contributed by atoms with Crippen LogP contribution >= 0.6 is 11.8 Å². The van der Waals surface area contributed by atoms with E-state index in [0.29, 0.717) is 24.7 Å². The van der Waals surface area contributed by atoms with Gasteiger partial charge >= 0.3 is 0 Å². The summed E-state index contributed by atoms with van der Waals surface area (Å²) in [6.07, 6.45) is 1.77. The van der Waals surface area contributed by atoms with Crippen molar-refractivity contribution in [2.45, 2.75) is 23.0 Å². The van der Waals surface area contributed by atoms with Gasteiger partial charge in [0.05, 0.1) is 26.0 Å². The van der Waals surface area contributed by atoms with E-state index in [0.717, 1.165) is 59.3 Å². The Morgan fingerprint density at radius 2 is 1.71 bits per heavy atom. The molecule has 2 heterocycles. The molecule has 3 aromatic carbocycles. The van der Waals surface area contributed by atoms with Gasteiger partial charge in [0, 0.05) is 29.6 Å². The van der Waals surface area contributed by atoms with Crippen molar-refractivity contribution in [3.8, 4) is 28.7 Å². The SMILES string of the molecule is COc1ccc(OCCCN(C)CCCOc2ccc3c(c2)OCO3)c([C@@H]2Sc3ccccc3NC2=O)c1. The van der Waals surface area contributed by atoms with Crippen LogP contribution in [0.15, 0.2) is 65.6 Å². The molecular formula is C29H32N2O6S. The van der Waals surface area contributed by atoms with Gasteiger partial charge in [0.2, 0.25) is 12.7 Å². The zero-order valence-corrected chi connectivity index (χ0v) is 22.4. The van der Waals surface area contributed by atoms with Gasteiger partial charge in [-0.1, -0.05) is 12.1 Å². The van der Waals surface area contributed by atoms with Crippen molar-refractivity contribution in [3.63, 3.8) is 0 Å². The highest BCUT2D eigenvalue weighted by molar-refractivity contribution is 8.00. The molecule has 2 aliphatic heterocycles. The topological polar surface area (TPSA) is 78.5 Å². The predicted molar refractivity (Wildman–Crippen MR) is 147 cm³/mol. The molecule has 1 amide bonds. The number of thioether (sulfide) groups is 1. The van der Waals surface area contributed by atoms with E-state index in [4.69, 9.17) is 23.7 Å². The highest BCUT2D eigenvalue weighted by Crippen LogP contribution is 2.46. The van der Waals surface area contributed by atoms with Crippen molar-refractivity contribution < 1.29 is 28.5 Å². The number of benzene rings is 3. The maximum Gasteiger partial charge on any atom is 0.242 e. The van der Waals surface area contributed by atoms with Crippen LogP contribution in [0.4, 0.5) is 5.69 Å². The van der Waals surface area contributed by atoms with E-state index < -0.39 is 5.25 Å². The Kier molecular flexibility index (Phi) is 8.45. The summed E-state index contributed by atoms with van der Waals surface area (Å²) >= 11 is 1.53. The fourth-order valence-electron chi connectivity index (χ4n) is 4.37. The van der Waals surface area contributed by atoms with Crippen LogP contribution in [-0.4, -0.2) is 58.1 Å². The number of methoxy groups -OCH3 is 1. The number of anilines is 1. The maximum atomic E-state index is 12.9. The van der Waals surface area contributed by atoms with Crippen LogP contribution in [0.25, 0.3) is 0 Å². The summed E-state index contributed by atoms with van der Waals surface area (Å²) in [5.41, 5.74) is 1.66. The lowest BCUT2D eigenvalue weighted by Gasteiger charge is -2.26. The third-order valence-electron chi connectivity index (χ3n) is 6.37. The van der Waals surface area contributed by atoms with E-state index in [1.165, 1.54) is 11.8 Å². The van der Waals surface area contributed by atoms with Crippen LogP contribution in [0.1, 0.15) is 23.7 Å². The molecule has 9 heteroatoms. The summed E-state index contributed by atoms with van der Waals surface area (Å²) in [5.74, 6) is 3.61. The van der Waals surface area contributed by atoms with E-state index in [-0.39, 0.29) is 12.7 Å². The smallest absolute Gasteiger partial charge is 0.242 e. The van der Waals surface area contributed by atoms with Crippen molar-refractivity contribution in [2.75, 3.05) is 52.6 Å². The van der Waals surface area contributed by atoms with Gasteiger partial charge in [-0.05, 0) is 62.4 Å². The molecule has 0 radical (unpaired) electrons. The van der Waals surface area contributed by atoms with Crippen molar-refractivity contribution in [1.82, 2.24) is 4.90 Å². The second-order valence-corrected chi connectivity index (χ2v) is 10.3. The van der Waals surface area contributed by atoms with E-state index in [9.17, 15) is 4.79 Å². The largest absolute Gasteiger partial charge is 0.497 e. The standard InChI is InChI=1S/C29H32N2O6S/c1-31(13-5-15-34-21-10-12-25-26(18-21)37-19-36-25)14-6-16-35-24-11-9-20(33-2)17-22(24)28-29(32)30-23-7-3-4-8-27(23)38-28/h3-4,7-12,17-18,28H,5-6,13-16,19H2,1-2H3,(H,30,32)/t28-/m0/s1. The fraction of sp³-hybridized carbons (Fsp3) is 0.345. The summed E-state index contributed by atoms with van der Waals surface area (Å²) in [6.45, 7) is 3.24. The Labute approximate surface area is 227 Å². The molecule has 0 spiro atoms. The summed E-state index contributed by atoms with van der Waals surface area (Å²) in [5, 5.41) is 2.60. The normalized spacial score (nSPS) is 15.7. The molecule has 2 aliphatic rings. The lowest BCUT2D eigenvalue weighted by Crippen LogP contribution is -2.24. The second-order valence-electron chi connectivity index (χ2n) is 9.11. The maximum absolute atomic E-state index is 12.9. The molecule has 0 unspecified atom stereocenters. The molecule has 0 bridgehead atoms. The first kappa shape index (κ1) is 26.1. The van der Waals surface area contributed by atoms with Crippen molar-refractivity contribution in [2.24, 2.45) is 0 Å². The molecule has 200 valence electrons. The van der Waals surface area contributed by atoms with Crippen LogP contribution < -0.4 is 29.0 Å². The van der Waals surface area contributed by atoms with Gasteiger partial charge in [-0.3, -0.25) is 4.79 Å². The molecule has 0 aromatic heterocycles. The Morgan fingerprint density at radius 3 is 2.55 bits per heavy atom. The first-order valence-corrected chi connectivity index (χ1v) is 13.6. The number of para-hydroxylation sites is 1. The lowest BCUT2D eigenvalue weighted by atomic mass is 10.1. The number of carbonyl (C=O) groups excluding carboxylic acids is 1. The summed E-state index contributed by atoms with van der Waals surface area (Å²) in [6, 6.07) is 19.1. The van der Waals surface area contributed by atoms with Gasteiger partial charge in [0.15, 0.2) is 11.5 Å². The van der Waals surface area contributed by atoms with E-state index in [2.05, 4.69) is 17.3 Å². The van der Waals surface area contributed by atoms with Gasteiger partial charge in [0.25, 0.3) is 0 Å². The van der Waals surface area contributed by atoms with Crippen molar-refractivity contribution in [3.05, 3.63) is 66.2 Å². The summed E-state index contributed by atoms with van der Waals surface area (Å²) in [4.78, 5) is 16.2. The molecule has 8 nitrogen and oxygen atoms in total. The molecule has 0 fully saturated rings. The summed E-state index contributed by atoms with van der Waals surface area (Å²) < 4.78 is 28.2. The quantitative estimate of drug-likeness (QED) is 0.309. The highest BCUT2D eigenvalue weighted by atomic mass is 32.2. The molecule has 0 saturated heterocycles. The van der Waals surface area contributed by atoms with Gasteiger partial charge in [0.1, 0.15) is 22.5 Å². The minimum Gasteiger partial charge on any atom is -0.497 e. The molecule has 1 atom stereocenters. The second kappa shape index (κ2) is 12.3. The van der Waals surface area contributed by atoms with E-state index >= 15 is 0 Å². The number of hydrogen-bond acceptors (Lipinski definition) is 8. The number of amides is 1. The molecule has 38 heavy (non-hydrogen) atoms. The number of nitrogens with one attached hydrogen (secondary N) is 1. The first-order valence-electron chi connectivity index (χ1n) is 12.7. The van der Waals surface area contributed by atoms with E-state index in [1.807, 2.05) is 60.7 Å². The van der Waals surface area contributed by atoms with Crippen LogP contribution in [0.3, 0.4) is 0 Å². The van der Waals surface area contributed by atoms with Crippen LogP contribution in [0.5, 0.6) is 28.7 Å². The Bertz CT molecular complexity index is 1270. The molecule has 1 N–H and O–H groups in total. The Morgan fingerprint density at radius 1 is 0.947 bits per heavy atom. The lowest BCUT2D eigenvalue weighted by molar-refractivity contribution is -0.115. The van der Waals surface area contributed by atoms with Crippen LogP contribution in [0, 0.1) is 0 Å². The van der Waals surface area contributed by atoms with Gasteiger partial charge in [-0.2, -0.15) is 0 Å². The van der Waals surface area contributed by atoms with Gasteiger partial charge < -0.3 is 33.9 Å². The molecule has 0 saturated carbocycles. The monoisotopic (exact) mass is 536 g/mol. The fourth-order valence-corrected chi connectivity index (χ4v) is 5.50. The Hall–Kier alpha value is -3.56. The number of rotatable bonds is 12. The third-order valence-corrected chi connectivity index (χ3v) is 7.68. The van der Waals surface area contributed by atoms with Crippen molar-refractivity contribution in [1.29, 1.82) is 0 Å². The Balaban J connectivity index is 1.08. The molecule has 5 rings (SSSR count). The first-order chi connectivity index (χ1) is 18.6. The zero-order valence-electron chi connectivity index (χ0n) is 21.6. The average Bonchev–Trinajstić information content (AvgIpc) is 3.41. The number of hydrogen-bond donors (Lipinski definition) is 1. The number of nitrogens with zero attached hydrogens (tertiary/aromatic N) is 1. The van der Waals surface area contributed by atoms with Crippen molar-refractivity contribution >= 4 is 23.4 Å². The minimum absolute atomic E-state index is 0.0606. The highest BCUT2D eigenvalue weighted by Gasteiger charge is 2.31. The number of carbonyl (C=O) groups is 1. The number of ether oxygens (including phenoxy) is 5. The van der Waals surface area contributed by atoms with Gasteiger partial charge in [-0.15, -0.1) is 11.8 Å². The van der Waals surface area contributed by atoms with Crippen LogP contribution in [-0.2, 0) is 4.79 Å². The zero-order chi connectivity index (χ0) is 26.3. The van der Waals surface area contributed by atoms with E-state index in [1.54, 1.807) is 7.11 Å². The minimum atomic E-state index is -0.414. The van der Waals surface area contributed by atoms with Gasteiger partial charge in [-0.25, -0.2) is 0 Å². The molecule has 0 aliphatic carbocycles. The molecular weight excluding hydrogens is 504 g/mol. The third kappa shape index (κ3) is 6.28. The molecule has 3 aromatic rings. The van der Waals surface area contributed by atoms with Crippen LogP contribution in [0.2, 0.25) is 0 Å².